The molecule has 0 saturated carbocycles. The van der Waals surface area contributed by atoms with Gasteiger partial charge >= 0.3 is 12.3 Å². The van der Waals surface area contributed by atoms with E-state index in [0.29, 0.717) is 25.8 Å². The van der Waals surface area contributed by atoms with Crippen LogP contribution in [0.1, 0.15) is 40.0 Å². The van der Waals surface area contributed by atoms with Crippen LogP contribution >= 0.6 is 34.8 Å². The number of unbranched alkanes of at least 4 members (excludes halogenated alkanes) is 1. The van der Waals surface area contributed by atoms with Gasteiger partial charge in [0.2, 0.25) is 0 Å². The van der Waals surface area contributed by atoms with Gasteiger partial charge in [-0.1, -0.05) is 23.2 Å². The zero-order valence-corrected chi connectivity index (χ0v) is 16.2. The first kappa shape index (κ1) is 23.1. The third-order valence-corrected chi connectivity index (χ3v) is 3.83. The summed E-state index contributed by atoms with van der Waals surface area (Å²) in [5, 5.41) is 5.31. The maximum atomic E-state index is 11.8. The summed E-state index contributed by atoms with van der Waals surface area (Å²) < 4.78 is 3.63. The Morgan fingerprint density at radius 3 is 2.42 bits per heavy atom. The third-order valence-electron chi connectivity index (χ3n) is 2.67. The SMILES string of the molecule is CC(C)(C)OC(=O)NCCCC[C@H](NC(Cl)(Cl)CCl)C(=O)C=[N+]=[N-]. The first-order valence-electron chi connectivity index (χ1n) is 7.40. The van der Waals surface area contributed by atoms with Gasteiger partial charge in [-0.3, -0.25) is 10.1 Å². The zero-order valence-electron chi connectivity index (χ0n) is 13.9. The lowest BCUT2D eigenvalue weighted by Gasteiger charge is -2.24. The molecule has 0 heterocycles. The molecule has 1 amide bonds. The van der Waals surface area contributed by atoms with Crippen molar-refractivity contribution in [3.63, 3.8) is 0 Å². The summed E-state index contributed by atoms with van der Waals surface area (Å²) in [5.41, 5.74) is 7.92. The zero-order chi connectivity index (χ0) is 18.8. The van der Waals surface area contributed by atoms with Crippen molar-refractivity contribution >= 4 is 52.9 Å². The molecule has 0 aromatic carbocycles. The molecule has 24 heavy (non-hydrogen) atoms. The molecule has 0 bridgehead atoms. The average Bonchev–Trinajstić information content (AvgIpc) is 2.44. The van der Waals surface area contributed by atoms with E-state index in [-0.39, 0.29) is 5.88 Å². The molecule has 0 aromatic rings. The minimum Gasteiger partial charge on any atom is -0.444 e. The Morgan fingerprint density at radius 1 is 1.29 bits per heavy atom. The number of nitrogens with zero attached hydrogens (tertiary/aromatic N) is 2. The first-order valence-corrected chi connectivity index (χ1v) is 8.69. The Labute approximate surface area is 157 Å². The van der Waals surface area contributed by atoms with Gasteiger partial charge < -0.3 is 15.6 Å². The Bertz CT molecular complexity index is 474. The smallest absolute Gasteiger partial charge is 0.407 e. The number of amides is 1. The van der Waals surface area contributed by atoms with E-state index in [1.165, 1.54) is 0 Å². The second-order valence-corrected chi connectivity index (χ2v) is 7.86. The second kappa shape index (κ2) is 10.9. The molecule has 7 nitrogen and oxygen atoms in total. The number of ketones is 1. The normalized spacial score (nSPS) is 12.9. The fourth-order valence-electron chi connectivity index (χ4n) is 1.70. The summed E-state index contributed by atoms with van der Waals surface area (Å²) in [4.78, 5) is 26.0. The van der Waals surface area contributed by atoms with Crippen LogP contribution in [0.15, 0.2) is 0 Å². The van der Waals surface area contributed by atoms with E-state index < -0.39 is 28.0 Å². The molecule has 0 aromatic heterocycles. The number of ether oxygens (including phenoxy) is 1. The molecule has 138 valence electrons. The van der Waals surface area contributed by atoms with Crippen LogP contribution in [-0.2, 0) is 9.53 Å². The van der Waals surface area contributed by atoms with Gasteiger partial charge in [-0.05, 0) is 40.0 Å². The van der Waals surface area contributed by atoms with E-state index in [0.717, 1.165) is 6.21 Å². The lowest BCUT2D eigenvalue weighted by molar-refractivity contribution is -0.118. The average molecular weight is 402 g/mol. The number of halogens is 3. The van der Waals surface area contributed by atoms with E-state index in [4.69, 9.17) is 45.1 Å². The summed E-state index contributed by atoms with van der Waals surface area (Å²) in [7, 11) is 0. The van der Waals surface area contributed by atoms with Gasteiger partial charge in [0, 0.05) is 6.54 Å². The Balaban J connectivity index is 4.31. The van der Waals surface area contributed by atoms with Gasteiger partial charge in [0.15, 0.2) is 4.46 Å². The molecule has 0 rings (SSSR count). The van der Waals surface area contributed by atoms with Crippen molar-refractivity contribution in [1.82, 2.24) is 10.6 Å². The van der Waals surface area contributed by atoms with Gasteiger partial charge in [0.25, 0.3) is 5.78 Å². The topological polar surface area (TPSA) is 104 Å². The van der Waals surface area contributed by atoms with Gasteiger partial charge in [-0.2, -0.15) is 4.79 Å². The van der Waals surface area contributed by atoms with Gasteiger partial charge in [0.05, 0.1) is 11.9 Å². The predicted octanol–water partition coefficient (Wildman–Crippen LogP) is 2.88. The number of carbonyl (C=O) groups excluding carboxylic acids is 2. The fraction of sp³-hybridized carbons (Fsp3) is 0.786. The van der Waals surface area contributed by atoms with Crippen molar-refractivity contribution in [2.45, 2.75) is 56.1 Å². The summed E-state index contributed by atoms with van der Waals surface area (Å²) in [6.07, 6.45) is 1.85. The summed E-state index contributed by atoms with van der Waals surface area (Å²) in [5.74, 6) is -0.607. The van der Waals surface area contributed by atoms with Crippen molar-refractivity contribution in [2.24, 2.45) is 0 Å². The van der Waals surface area contributed by atoms with Crippen LogP contribution in [0.2, 0.25) is 0 Å². The van der Waals surface area contributed by atoms with Crippen molar-refractivity contribution in [1.29, 1.82) is 0 Å². The standard InChI is InChI=1S/C14H23Cl3N4O3/c1-13(2,3)24-12(23)19-7-5-4-6-10(11(22)8-20-18)21-14(16,17)9-15/h8,10,21H,4-7,9H2,1-3H3,(H,19,23)/t10-/m0/s1. The molecule has 1 atom stereocenters. The van der Waals surface area contributed by atoms with Crippen LogP contribution in [0.4, 0.5) is 4.79 Å². The minimum absolute atomic E-state index is 0.129. The molecule has 2 N–H and O–H groups in total. The van der Waals surface area contributed by atoms with E-state index in [9.17, 15) is 9.59 Å². The minimum atomic E-state index is -1.47. The number of alkyl carbamates (subject to hydrolysis) is 1. The lowest BCUT2D eigenvalue weighted by Crippen LogP contribution is -2.48. The predicted molar refractivity (Wildman–Crippen MR) is 94.9 cm³/mol. The highest BCUT2D eigenvalue weighted by molar-refractivity contribution is 6.51. The quantitative estimate of drug-likeness (QED) is 0.147. The van der Waals surface area contributed by atoms with Crippen LogP contribution in [0.25, 0.3) is 5.53 Å². The molecule has 0 radical (unpaired) electrons. The molecule has 10 heteroatoms. The van der Waals surface area contributed by atoms with E-state index >= 15 is 0 Å². The van der Waals surface area contributed by atoms with Gasteiger partial charge in [-0.25, -0.2) is 4.79 Å². The second-order valence-electron chi connectivity index (χ2n) is 6.11. The van der Waals surface area contributed by atoms with Crippen molar-refractivity contribution in [2.75, 3.05) is 12.4 Å². The number of carbonyl (C=O) groups is 2. The number of nitrogens with one attached hydrogen (secondary N) is 2. The Morgan fingerprint density at radius 2 is 1.92 bits per heavy atom. The van der Waals surface area contributed by atoms with Crippen molar-refractivity contribution in [3.8, 4) is 0 Å². The summed E-state index contributed by atoms with van der Waals surface area (Å²) >= 11 is 17.4. The fourth-order valence-corrected chi connectivity index (χ4v) is 2.04. The third kappa shape index (κ3) is 11.6. The van der Waals surface area contributed by atoms with Crippen LogP contribution in [0.3, 0.4) is 0 Å². The molecule has 0 aliphatic carbocycles. The number of rotatable bonds is 10. The lowest BCUT2D eigenvalue weighted by atomic mass is 10.1. The Kier molecular flexibility index (Phi) is 10.5. The Hall–Kier alpha value is -0.850. The van der Waals surface area contributed by atoms with Crippen LogP contribution in [0, 0.1) is 0 Å². The molecule has 0 saturated heterocycles. The monoisotopic (exact) mass is 400 g/mol. The molecule has 0 spiro atoms. The van der Waals surface area contributed by atoms with E-state index in [1.807, 2.05) is 0 Å². The van der Waals surface area contributed by atoms with Crippen molar-refractivity contribution in [3.05, 3.63) is 5.53 Å². The number of alkyl halides is 3. The van der Waals surface area contributed by atoms with Crippen LogP contribution < -0.4 is 10.6 Å². The maximum Gasteiger partial charge on any atom is 0.407 e. The number of hydrogen-bond acceptors (Lipinski definition) is 4. The van der Waals surface area contributed by atoms with Crippen LogP contribution in [0.5, 0.6) is 0 Å². The highest BCUT2D eigenvalue weighted by Gasteiger charge is 2.30. The number of Topliss-reactive ketones (excluding diaryl/α,β-unsaturated/α-hetero) is 1. The largest absolute Gasteiger partial charge is 0.444 e. The number of hydrogen-bond donors (Lipinski definition) is 2. The van der Waals surface area contributed by atoms with E-state index in [2.05, 4.69) is 15.4 Å². The van der Waals surface area contributed by atoms with Gasteiger partial charge in [-0.15, -0.1) is 11.6 Å². The molecule has 0 aliphatic rings. The highest BCUT2D eigenvalue weighted by Crippen LogP contribution is 2.20. The van der Waals surface area contributed by atoms with Crippen LogP contribution in [-0.4, -0.2) is 51.4 Å². The molecular formula is C14H23Cl3N4O3. The first-order chi connectivity index (χ1) is 11.0. The molecular weight excluding hydrogens is 379 g/mol. The molecule has 0 aliphatic heterocycles. The molecule has 0 fully saturated rings. The highest BCUT2D eigenvalue weighted by atomic mass is 35.5. The van der Waals surface area contributed by atoms with Gasteiger partial charge in [0.1, 0.15) is 5.60 Å². The van der Waals surface area contributed by atoms with E-state index in [1.54, 1.807) is 20.8 Å². The summed E-state index contributed by atoms with van der Waals surface area (Å²) in [6.45, 7) is 5.72. The summed E-state index contributed by atoms with van der Waals surface area (Å²) in [6, 6.07) is -0.754. The molecule has 0 unspecified atom stereocenters. The maximum absolute atomic E-state index is 11.8. The van der Waals surface area contributed by atoms with Crippen molar-refractivity contribution < 1.29 is 19.1 Å².